The van der Waals surface area contributed by atoms with Crippen molar-refractivity contribution in [2.24, 2.45) is 0 Å². The minimum absolute atomic E-state index is 0. The number of benzene rings is 2. The summed E-state index contributed by atoms with van der Waals surface area (Å²) in [5, 5.41) is 2.10. The van der Waals surface area contributed by atoms with Gasteiger partial charge >= 0.3 is 0 Å². The lowest BCUT2D eigenvalue weighted by Gasteiger charge is -2.41. The van der Waals surface area contributed by atoms with Gasteiger partial charge in [-0.05, 0) is 30.9 Å². The van der Waals surface area contributed by atoms with E-state index in [9.17, 15) is 9.59 Å². The predicted molar refractivity (Wildman–Crippen MR) is 120 cm³/mol. The van der Waals surface area contributed by atoms with Gasteiger partial charge in [0.1, 0.15) is 0 Å². The predicted octanol–water partition coefficient (Wildman–Crippen LogP) is 3.12. The number of carbonyl (C=O) groups excluding carboxylic acids is 2. The number of fused-ring (bicyclic) bond motifs is 5. The van der Waals surface area contributed by atoms with E-state index in [0.717, 1.165) is 35.1 Å². The van der Waals surface area contributed by atoms with Crippen LogP contribution in [0.4, 0.5) is 5.69 Å². The second-order valence-corrected chi connectivity index (χ2v) is 8.15. The van der Waals surface area contributed by atoms with Crippen LogP contribution in [-0.2, 0) is 14.4 Å². The van der Waals surface area contributed by atoms with Crippen LogP contribution in [-0.4, -0.2) is 62.3 Å². The smallest absolute Gasteiger partial charge is 0.196 e. The summed E-state index contributed by atoms with van der Waals surface area (Å²) in [6, 6.07) is 12.2. The fourth-order valence-electron chi connectivity index (χ4n) is 4.78. The molecule has 2 aromatic carbocycles. The molecular formula is C23H25ClN3O3+. The molecule has 0 radical (unpaired) electrons. The first-order chi connectivity index (χ1) is 14.0. The van der Waals surface area contributed by atoms with Crippen molar-refractivity contribution >= 4 is 46.0 Å². The second-order valence-electron chi connectivity index (χ2n) is 8.15. The van der Waals surface area contributed by atoms with Gasteiger partial charge in [0.2, 0.25) is 0 Å². The van der Waals surface area contributed by atoms with E-state index < -0.39 is 0 Å². The lowest BCUT2D eigenvalue weighted by molar-refractivity contribution is -0.129. The molecule has 6 nitrogen and oxygen atoms in total. The Balaban J connectivity index is 0.00000218. The van der Waals surface area contributed by atoms with Crippen molar-refractivity contribution in [1.29, 1.82) is 0 Å². The first-order valence-corrected chi connectivity index (χ1v) is 9.85. The summed E-state index contributed by atoms with van der Waals surface area (Å²) in [6.07, 6.45) is 1.84. The number of likely N-dealkylation sites (N-methyl/N-ethyl adjacent to an activating group) is 1. The maximum absolute atomic E-state index is 13.1. The van der Waals surface area contributed by atoms with Gasteiger partial charge in [0.05, 0.1) is 30.2 Å². The number of ketones is 2. The molecule has 0 saturated carbocycles. The van der Waals surface area contributed by atoms with Crippen molar-refractivity contribution in [3.63, 3.8) is 0 Å². The number of hydrogen-bond acceptors (Lipinski definition) is 5. The first kappa shape index (κ1) is 20.8. The van der Waals surface area contributed by atoms with Gasteiger partial charge in [-0.2, -0.15) is 4.84 Å². The average molecular weight is 427 g/mol. The van der Waals surface area contributed by atoms with Gasteiger partial charge in [0, 0.05) is 25.4 Å². The lowest BCUT2D eigenvalue weighted by Crippen LogP contribution is -2.56. The van der Waals surface area contributed by atoms with Crippen LogP contribution in [0.2, 0.25) is 0 Å². The largest absolute Gasteiger partial charge is 0.326 e. The van der Waals surface area contributed by atoms with Crippen molar-refractivity contribution in [3.8, 4) is 0 Å². The first-order valence-electron chi connectivity index (χ1n) is 9.85. The Labute approximate surface area is 181 Å². The van der Waals surface area contributed by atoms with Gasteiger partial charge < -0.3 is 9.80 Å². The van der Waals surface area contributed by atoms with Crippen LogP contribution in [0.15, 0.2) is 53.9 Å². The highest BCUT2D eigenvalue weighted by molar-refractivity contribution is 6.37. The van der Waals surface area contributed by atoms with Gasteiger partial charge in [-0.15, -0.1) is 12.4 Å². The molecule has 0 saturated heterocycles. The van der Waals surface area contributed by atoms with E-state index in [2.05, 4.69) is 15.9 Å². The summed E-state index contributed by atoms with van der Waals surface area (Å²) in [4.78, 5) is 36.4. The molecule has 0 spiro atoms. The molecule has 1 unspecified atom stereocenters. The van der Waals surface area contributed by atoms with Crippen molar-refractivity contribution < 1.29 is 14.4 Å². The minimum Gasteiger partial charge on any atom is -0.326 e. The number of halogens is 1. The van der Waals surface area contributed by atoms with E-state index in [4.69, 9.17) is 4.84 Å². The van der Waals surface area contributed by atoms with Gasteiger partial charge in [0.25, 0.3) is 0 Å². The Bertz CT molecular complexity index is 1140. The molecule has 1 atom stereocenters. The summed E-state index contributed by atoms with van der Waals surface area (Å²) in [6.45, 7) is 2.16. The van der Waals surface area contributed by atoms with E-state index in [0.29, 0.717) is 23.5 Å². The van der Waals surface area contributed by atoms with Gasteiger partial charge in [-0.1, -0.05) is 28.9 Å². The number of hydrogen-bond donors (Lipinski definition) is 0. The molecule has 5 rings (SSSR count). The highest BCUT2D eigenvalue weighted by Gasteiger charge is 2.57. The molecule has 1 aliphatic carbocycles. The fourth-order valence-corrected chi connectivity index (χ4v) is 4.78. The third-order valence-corrected chi connectivity index (χ3v) is 6.14. The Kier molecular flexibility index (Phi) is 5.06. The summed E-state index contributed by atoms with van der Waals surface area (Å²) in [5.41, 5.74) is 3.81. The standard InChI is InChI=1S/C23H24N3O3.ClH/c1-24(2)10-11-25-13-17-19(27)12-20(28)22-21-16-7-5-4-6-15(16)8-9-18(21)26(14-25,29-3)23(17)22;/h4-9,13H,10-12,14H2,1-3H3;1H/q+1;. The Morgan fingerprint density at radius 1 is 1.10 bits per heavy atom. The minimum atomic E-state index is -0.125. The zero-order valence-corrected chi connectivity index (χ0v) is 18.2. The van der Waals surface area contributed by atoms with Crippen LogP contribution in [0.3, 0.4) is 0 Å². The summed E-state index contributed by atoms with van der Waals surface area (Å²) in [5.74, 6) is -0.237. The number of allylic oxidation sites excluding steroid dienone is 2. The highest BCUT2D eigenvalue weighted by Crippen LogP contribution is 2.54. The topological polar surface area (TPSA) is 49.9 Å². The molecule has 156 valence electrons. The van der Waals surface area contributed by atoms with Crippen molar-refractivity contribution in [2.75, 3.05) is 41.0 Å². The number of quaternary nitrogens is 1. The van der Waals surface area contributed by atoms with Crippen molar-refractivity contribution in [1.82, 2.24) is 14.4 Å². The Hall–Kier alpha value is -2.51. The number of rotatable bonds is 4. The van der Waals surface area contributed by atoms with E-state index in [1.165, 1.54) is 0 Å². The number of nitrogens with zero attached hydrogens (tertiary/aromatic N) is 3. The van der Waals surface area contributed by atoms with Crippen LogP contribution in [0.1, 0.15) is 12.0 Å². The van der Waals surface area contributed by atoms with Gasteiger partial charge in [-0.3, -0.25) is 9.59 Å². The van der Waals surface area contributed by atoms with E-state index >= 15 is 0 Å². The number of hydroxylamine groups is 2. The van der Waals surface area contributed by atoms with Crippen LogP contribution >= 0.6 is 12.4 Å². The van der Waals surface area contributed by atoms with Gasteiger partial charge in [0.15, 0.2) is 29.6 Å². The zero-order chi connectivity index (χ0) is 20.3. The third kappa shape index (κ3) is 2.76. The third-order valence-electron chi connectivity index (χ3n) is 6.14. The fraction of sp³-hybridized carbons (Fsp3) is 0.304. The normalized spacial score (nSPS) is 22.3. The lowest BCUT2D eigenvalue weighted by atomic mass is 9.86. The summed E-state index contributed by atoms with van der Waals surface area (Å²) < 4.78 is 0.0617. The Morgan fingerprint density at radius 3 is 2.60 bits per heavy atom. The molecule has 3 aliphatic rings. The molecular weight excluding hydrogens is 402 g/mol. The maximum Gasteiger partial charge on any atom is 0.196 e. The van der Waals surface area contributed by atoms with Gasteiger partial charge in [-0.25, -0.2) is 0 Å². The quantitative estimate of drug-likeness (QED) is 0.555. The molecule has 0 aromatic heterocycles. The average Bonchev–Trinajstić information content (AvgIpc) is 3.02. The molecule has 0 N–H and O–H groups in total. The molecule has 2 heterocycles. The molecule has 0 fully saturated rings. The summed E-state index contributed by atoms with van der Waals surface area (Å²) in [7, 11) is 5.72. The van der Waals surface area contributed by atoms with Crippen LogP contribution in [0, 0.1) is 0 Å². The molecule has 2 aliphatic heterocycles. The van der Waals surface area contributed by atoms with Crippen molar-refractivity contribution in [3.05, 3.63) is 59.4 Å². The highest BCUT2D eigenvalue weighted by atomic mass is 35.5. The molecule has 7 heteroatoms. The SMILES string of the molecule is CO[N+]12CN(CCN(C)C)C=C3C(=O)CC(=O)C(=C31)c1c2ccc2ccccc12.Cl. The summed E-state index contributed by atoms with van der Waals surface area (Å²) >= 11 is 0. The van der Waals surface area contributed by atoms with Crippen LogP contribution in [0.25, 0.3) is 16.3 Å². The van der Waals surface area contributed by atoms with E-state index in [1.807, 2.05) is 50.6 Å². The van der Waals surface area contributed by atoms with Crippen LogP contribution < -0.4 is 4.65 Å². The molecule has 0 amide bonds. The number of carbonyl (C=O) groups is 2. The van der Waals surface area contributed by atoms with E-state index in [1.54, 1.807) is 7.11 Å². The second kappa shape index (κ2) is 7.32. The van der Waals surface area contributed by atoms with E-state index in [-0.39, 0.29) is 35.0 Å². The monoisotopic (exact) mass is 426 g/mol. The molecule has 30 heavy (non-hydrogen) atoms. The Morgan fingerprint density at radius 2 is 1.87 bits per heavy atom. The maximum atomic E-state index is 13.1. The number of Topliss-reactive ketones (excluding diaryl/α,β-unsaturated/α-hetero) is 2. The zero-order valence-electron chi connectivity index (χ0n) is 17.3. The molecule has 2 aromatic rings. The molecule has 0 bridgehead atoms. The van der Waals surface area contributed by atoms with Crippen LogP contribution in [0.5, 0.6) is 0 Å². The van der Waals surface area contributed by atoms with Crippen molar-refractivity contribution in [2.45, 2.75) is 6.42 Å².